The van der Waals surface area contributed by atoms with Gasteiger partial charge in [-0.05, 0) is 42.7 Å². The number of benzene rings is 2. The highest BCUT2D eigenvalue weighted by atomic mass is 32.2. The zero-order valence-electron chi connectivity index (χ0n) is 19.0. The molecule has 0 N–H and O–H groups in total. The van der Waals surface area contributed by atoms with Gasteiger partial charge in [-0.1, -0.05) is 36.4 Å². The summed E-state index contributed by atoms with van der Waals surface area (Å²) >= 11 is 1.58. The number of thioether (sulfide) groups is 1. The van der Waals surface area contributed by atoms with Gasteiger partial charge < -0.3 is 9.64 Å². The van der Waals surface area contributed by atoms with Crippen LogP contribution in [0.4, 0.5) is 0 Å². The summed E-state index contributed by atoms with van der Waals surface area (Å²) in [5.41, 5.74) is 3.17. The highest BCUT2D eigenvalue weighted by molar-refractivity contribution is 7.99. The summed E-state index contributed by atoms with van der Waals surface area (Å²) in [6.45, 7) is 4.84. The number of aryl methyl sites for hydroxylation is 2. The Hall–Kier alpha value is -2.36. The van der Waals surface area contributed by atoms with Gasteiger partial charge in [0.15, 0.2) is 6.61 Å². The van der Waals surface area contributed by atoms with Crippen LogP contribution in [0.2, 0.25) is 0 Å². The van der Waals surface area contributed by atoms with Crippen LogP contribution in [0.1, 0.15) is 23.1 Å². The molecule has 0 unspecified atom stereocenters. The maximum absolute atomic E-state index is 12.6. The second-order valence-electron chi connectivity index (χ2n) is 8.03. The van der Waals surface area contributed by atoms with Gasteiger partial charge in [0.05, 0.1) is 12.2 Å². The van der Waals surface area contributed by atoms with Crippen molar-refractivity contribution >= 4 is 33.7 Å². The number of carbonyl (C=O) groups is 2. The molecule has 0 aromatic heterocycles. The van der Waals surface area contributed by atoms with Gasteiger partial charge in [-0.15, -0.1) is 11.8 Å². The fraction of sp³-hybridized carbons (Fsp3) is 0.417. The molecule has 0 radical (unpaired) electrons. The molecule has 33 heavy (non-hydrogen) atoms. The minimum atomic E-state index is -3.44. The Morgan fingerprint density at radius 2 is 1.67 bits per heavy atom. The minimum Gasteiger partial charge on any atom is -0.456 e. The normalized spacial score (nSPS) is 14.8. The molecule has 1 aliphatic heterocycles. The smallest absolute Gasteiger partial charge is 0.307 e. The third kappa shape index (κ3) is 7.58. The fourth-order valence-electron chi connectivity index (χ4n) is 3.45. The largest absolute Gasteiger partial charge is 0.456 e. The first-order chi connectivity index (χ1) is 15.7. The Morgan fingerprint density at radius 3 is 2.33 bits per heavy atom. The van der Waals surface area contributed by atoms with Crippen LogP contribution in [-0.4, -0.2) is 68.0 Å². The lowest BCUT2D eigenvalue weighted by Gasteiger charge is -2.33. The molecule has 3 rings (SSSR count). The molecule has 7 nitrogen and oxygen atoms in total. The van der Waals surface area contributed by atoms with Crippen LogP contribution in [-0.2, 0) is 30.1 Å². The lowest BCUT2D eigenvalue weighted by Crippen LogP contribution is -2.51. The number of sulfonamides is 1. The van der Waals surface area contributed by atoms with Gasteiger partial charge >= 0.3 is 5.97 Å². The lowest BCUT2D eigenvalue weighted by molar-refractivity contribution is -0.152. The molecule has 2 aromatic rings. The van der Waals surface area contributed by atoms with Gasteiger partial charge in [0.1, 0.15) is 0 Å². The molecular weight excluding hydrogens is 460 g/mol. The van der Waals surface area contributed by atoms with Crippen molar-refractivity contribution < 1.29 is 22.7 Å². The van der Waals surface area contributed by atoms with Crippen molar-refractivity contribution in [2.24, 2.45) is 0 Å². The predicted octanol–water partition coefficient (Wildman–Crippen LogP) is 3.00. The van der Waals surface area contributed by atoms with Gasteiger partial charge in [-0.25, -0.2) is 8.42 Å². The predicted molar refractivity (Wildman–Crippen MR) is 129 cm³/mol. The Labute approximate surface area is 200 Å². The molecular formula is C24H30N2O5S2. The second kappa shape index (κ2) is 11.7. The van der Waals surface area contributed by atoms with Crippen molar-refractivity contribution in [3.05, 3.63) is 65.2 Å². The molecule has 2 aromatic carbocycles. The number of amides is 1. The molecule has 0 spiro atoms. The Morgan fingerprint density at radius 1 is 0.970 bits per heavy atom. The molecule has 1 saturated heterocycles. The quantitative estimate of drug-likeness (QED) is 0.397. The highest BCUT2D eigenvalue weighted by Crippen LogP contribution is 2.22. The van der Waals surface area contributed by atoms with Gasteiger partial charge in [-0.3, -0.25) is 9.59 Å². The van der Waals surface area contributed by atoms with Crippen molar-refractivity contribution in [3.8, 4) is 0 Å². The average molecular weight is 491 g/mol. The molecule has 1 fully saturated rings. The third-order valence-electron chi connectivity index (χ3n) is 5.59. The molecule has 0 aliphatic carbocycles. The number of nitrogens with zero attached hydrogens (tertiary/aromatic N) is 2. The van der Waals surface area contributed by atoms with E-state index in [9.17, 15) is 18.0 Å². The van der Waals surface area contributed by atoms with Crippen molar-refractivity contribution in [2.75, 3.05) is 38.5 Å². The van der Waals surface area contributed by atoms with Gasteiger partial charge in [-0.2, -0.15) is 4.31 Å². The second-order valence-corrected chi connectivity index (χ2v) is 11.2. The summed E-state index contributed by atoms with van der Waals surface area (Å²) in [6.07, 6.45) is 0.219. The molecule has 9 heteroatoms. The van der Waals surface area contributed by atoms with Gasteiger partial charge in [0, 0.05) is 36.8 Å². The van der Waals surface area contributed by atoms with Crippen LogP contribution < -0.4 is 0 Å². The number of ether oxygens (including phenoxy) is 1. The summed E-state index contributed by atoms with van der Waals surface area (Å²) in [4.78, 5) is 27.0. The maximum Gasteiger partial charge on any atom is 0.307 e. The molecule has 1 amide bonds. The first-order valence-electron chi connectivity index (χ1n) is 10.9. The number of rotatable bonds is 9. The molecule has 0 bridgehead atoms. The van der Waals surface area contributed by atoms with E-state index in [0.29, 0.717) is 5.75 Å². The monoisotopic (exact) mass is 490 g/mol. The van der Waals surface area contributed by atoms with Crippen molar-refractivity contribution in [2.45, 2.75) is 30.9 Å². The van der Waals surface area contributed by atoms with E-state index >= 15 is 0 Å². The summed E-state index contributed by atoms with van der Waals surface area (Å²) in [5, 5.41) is 0. The standard InChI is InChI=1S/C24H30N2O5S2/c1-19-8-9-22(16-20(19)2)32-15-10-24(28)31-17-23(27)25-11-13-26(14-12-25)33(29,30)18-21-6-4-3-5-7-21/h3-9,16H,10-15,17-18H2,1-2H3. The van der Waals surface area contributed by atoms with Crippen molar-refractivity contribution in [3.63, 3.8) is 0 Å². The zero-order valence-corrected chi connectivity index (χ0v) is 20.7. The van der Waals surface area contributed by atoms with E-state index in [2.05, 4.69) is 26.0 Å². The van der Waals surface area contributed by atoms with Crippen LogP contribution in [0.25, 0.3) is 0 Å². The molecule has 1 aliphatic rings. The summed E-state index contributed by atoms with van der Waals surface area (Å²) < 4.78 is 31.8. The summed E-state index contributed by atoms with van der Waals surface area (Å²) in [5.74, 6) is -0.193. The van der Waals surface area contributed by atoms with E-state index in [4.69, 9.17) is 4.74 Å². The van der Waals surface area contributed by atoms with Gasteiger partial charge in [0.25, 0.3) is 5.91 Å². The molecule has 0 saturated carbocycles. The van der Waals surface area contributed by atoms with Crippen LogP contribution in [0.15, 0.2) is 53.4 Å². The SMILES string of the molecule is Cc1ccc(SCCC(=O)OCC(=O)N2CCN(S(=O)(=O)Cc3ccccc3)CC2)cc1C. The number of esters is 1. The van der Waals surface area contributed by atoms with E-state index in [0.717, 1.165) is 10.5 Å². The van der Waals surface area contributed by atoms with Crippen molar-refractivity contribution in [1.29, 1.82) is 0 Å². The Bertz CT molecular complexity index is 1070. The van der Waals surface area contributed by atoms with Crippen molar-refractivity contribution in [1.82, 2.24) is 9.21 Å². The first kappa shape index (κ1) is 25.3. The van der Waals surface area contributed by atoms with Crippen LogP contribution >= 0.6 is 11.8 Å². The van der Waals surface area contributed by atoms with Crippen LogP contribution in [0.5, 0.6) is 0 Å². The lowest BCUT2D eigenvalue weighted by atomic mass is 10.1. The summed E-state index contributed by atoms with van der Waals surface area (Å²) in [7, 11) is -3.44. The Kier molecular flexibility index (Phi) is 8.94. The van der Waals surface area contributed by atoms with E-state index in [1.165, 1.54) is 15.4 Å². The van der Waals surface area contributed by atoms with Gasteiger partial charge in [0.2, 0.25) is 10.0 Å². The summed E-state index contributed by atoms with van der Waals surface area (Å²) in [6, 6.07) is 15.2. The number of carbonyl (C=O) groups excluding carboxylic acids is 2. The van der Waals surface area contributed by atoms with Crippen LogP contribution in [0.3, 0.4) is 0 Å². The topological polar surface area (TPSA) is 84.0 Å². The maximum atomic E-state index is 12.6. The third-order valence-corrected chi connectivity index (χ3v) is 8.43. The molecule has 0 atom stereocenters. The van der Waals surface area contributed by atoms with E-state index in [1.54, 1.807) is 28.8 Å². The number of hydrogen-bond donors (Lipinski definition) is 0. The average Bonchev–Trinajstić information content (AvgIpc) is 2.80. The van der Waals surface area contributed by atoms with E-state index in [1.807, 2.05) is 24.3 Å². The van der Waals surface area contributed by atoms with Crippen LogP contribution in [0, 0.1) is 13.8 Å². The highest BCUT2D eigenvalue weighted by Gasteiger charge is 2.29. The molecule has 1 heterocycles. The number of piperazine rings is 1. The first-order valence-corrected chi connectivity index (χ1v) is 13.5. The number of hydrogen-bond acceptors (Lipinski definition) is 6. The van der Waals surface area contributed by atoms with E-state index in [-0.39, 0.29) is 50.9 Å². The zero-order chi connectivity index (χ0) is 23.8. The molecule has 178 valence electrons. The fourth-order valence-corrected chi connectivity index (χ4v) is 5.90. The van der Waals surface area contributed by atoms with E-state index < -0.39 is 16.0 Å². The minimum absolute atomic E-state index is 0.0560. The Balaban J connectivity index is 1.36.